The van der Waals surface area contributed by atoms with E-state index in [9.17, 15) is 17.6 Å². The topological polar surface area (TPSA) is 79.4 Å². The van der Waals surface area contributed by atoms with Crippen LogP contribution in [0, 0.1) is 5.95 Å². The van der Waals surface area contributed by atoms with Gasteiger partial charge < -0.3 is 5.32 Å². The highest BCUT2D eigenvalue weighted by molar-refractivity contribution is 7.89. The Balaban J connectivity index is 2.53. The molecule has 0 radical (unpaired) electrons. The van der Waals surface area contributed by atoms with Gasteiger partial charge in [-0.2, -0.15) is 4.39 Å². The van der Waals surface area contributed by atoms with Crippen molar-refractivity contribution in [3.63, 3.8) is 0 Å². The lowest BCUT2D eigenvalue weighted by Crippen LogP contribution is -2.33. The van der Waals surface area contributed by atoms with Crippen molar-refractivity contribution >= 4 is 15.9 Å². The van der Waals surface area contributed by atoms with Crippen LogP contribution in [0.3, 0.4) is 0 Å². The molecule has 0 bridgehead atoms. The summed E-state index contributed by atoms with van der Waals surface area (Å²) in [6, 6.07) is 2.33. The van der Waals surface area contributed by atoms with E-state index in [1.807, 2.05) is 0 Å². The average molecular weight is 275 g/mol. The summed E-state index contributed by atoms with van der Waals surface area (Å²) in [6.07, 6.45) is 1.17. The third kappa shape index (κ3) is 4.04. The van der Waals surface area contributed by atoms with E-state index in [1.54, 1.807) is 0 Å². The number of carbonyl (C=O) groups is 1. The van der Waals surface area contributed by atoms with Gasteiger partial charge in [0.15, 0.2) is 0 Å². The van der Waals surface area contributed by atoms with Gasteiger partial charge in [0.2, 0.25) is 16.0 Å². The lowest BCUT2D eigenvalue weighted by molar-refractivity contribution is 0.0955. The number of nitrogens with zero attached hydrogens (tertiary/aromatic N) is 2. The van der Waals surface area contributed by atoms with Crippen LogP contribution in [0.1, 0.15) is 10.4 Å². The maximum atomic E-state index is 12.8. The summed E-state index contributed by atoms with van der Waals surface area (Å²) in [7, 11) is -0.528. The molecule has 1 aromatic rings. The van der Waals surface area contributed by atoms with Crippen LogP contribution in [0.4, 0.5) is 4.39 Å². The Hall–Kier alpha value is -1.54. The average Bonchev–Trinajstić information content (AvgIpc) is 2.28. The van der Waals surface area contributed by atoms with E-state index in [-0.39, 0.29) is 17.9 Å². The number of carbonyl (C=O) groups excluding carboxylic acids is 1. The molecular weight excluding hydrogens is 261 g/mol. The van der Waals surface area contributed by atoms with Gasteiger partial charge in [0.05, 0.1) is 5.75 Å². The van der Waals surface area contributed by atoms with E-state index in [0.717, 1.165) is 10.4 Å². The smallest absolute Gasteiger partial charge is 0.251 e. The van der Waals surface area contributed by atoms with Gasteiger partial charge in [-0.05, 0) is 6.07 Å². The first-order chi connectivity index (χ1) is 8.33. The number of hydrogen-bond donors (Lipinski definition) is 1. The van der Waals surface area contributed by atoms with Crippen LogP contribution in [-0.4, -0.2) is 50.0 Å². The molecule has 0 spiro atoms. The third-order valence-electron chi connectivity index (χ3n) is 2.19. The Kier molecular flexibility index (Phi) is 4.74. The first kappa shape index (κ1) is 14.5. The molecule has 18 heavy (non-hydrogen) atoms. The van der Waals surface area contributed by atoms with Crippen molar-refractivity contribution in [2.45, 2.75) is 0 Å². The second-order valence-corrected chi connectivity index (χ2v) is 6.02. The molecular formula is C10H14FN3O3S. The Bertz CT molecular complexity index is 531. The van der Waals surface area contributed by atoms with Crippen molar-refractivity contribution in [3.8, 4) is 0 Å². The first-order valence-electron chi connectivity index (χ1n) is 5.13. The van der Waals surface area contributed by atoms with Gasteiger partial charge in [-0.1, -0.05) is 0 Å². The summed E-state index contributed by atoms with van der Waals surface area (Å²) in [5.74, 6) is -1.51. The number of aromatic nitrogens is 1. The standard InChI is InChI=1S/C10H14FN3O3S/c1-14(2)18(16,17)6-5-13-10(15)8-3-4-12-9(11)7-8/h3-4,7H,5-6H2,1-2H3,(H,13,15). The highest BCUT2D eigenvalue weighted by Gasteiger charge is 2.14. The fraction of sp³-hybridized carbons (Fsp3) is 0.400. The van der Waals surface area contributed by atoms with Gasteiger partial charge in [-0.25, -0.2) is 17.7 Å². The van der Waals surface area contributed by atoms with E-state index < -0.39 is 21.9 Å². The van der Waals surface area contributed by atoms with Crippen molar-refractivity contribution in [2.75, 3.05) is 26.4 Å². The molecule has 0 aliphatic carbocycles. The summed E-state index contributed by atoms with van der Waals surface area (Å²) in [4.78, 5) is 14.9. The van der Waals surface area contributed by atoms with Crippen LogP contribution in [-0.2, 0) is 10.0 Å². The highest BCUT2D eigenvalue weighted by atomic mass is 32.2. The zero-order chi connectivity index (χ0) is 13.8. The van der Waals surface area contributed by atoms with Crippen molar-refractivity contribution in [1.82, 2.24) is 14.6 Å². The maximum absolute atomic E-state index is 12.8. The zero-order valence-corrected chi connectivity index (χ0v) is 10.9. The second-order valence-electron chi connectivity index (χ2n) is 3.72. The minimum absolute atomic E-state index is 0.0384. The van der Waals surface area contributed by atoms with Crippen molar-refractivity contribution in [2.24, 2.45) is 0 Å². The summed E-state index contributed by atoms with van der Waals surface area (Å²) in [5.41, 5.74) is 0.102. The molecule has 100 valence electrons. The molecule has 1 N–H and O–H groups in total. The van der Waals surface area contributed by atoms with Gasteiger partial charge >= 0.3 is 0 Å². The fourth-order valence-electron chi connectivity index (χ4n) is 1.12. The van der Waals surface area contributed by atoms with Crippen LogP contribution < -0.4 is 5.32 Å². The van der Waals surface area contributed by atoms with Crippen LogP contribution in [0.15, 0.2) is 18.3 Å². The van der Waals surface area contributed by atoms with E-state index in [2.05, 4.69) is 10.3 Å². The third-order valence-corrected chi connectivity index (χ3v) is 4.02. The molecule has 0 atom stereocenters. The largest absolute Gasteiger partial charge is 0.351 e. The van der Waals surface area contributed by atoms with Crippen LogP contribution in [0.2, 0.25) is 0 Å². The van der Waals surface area contributed by atoms with Crippen LogP contribution in [0.25, 0.3) is 0 Å². The number of nitrogens with one attached hydrogen (secondary N) is 1. The molecule has 0 saturated heterocycles. The van der Waals surface area contributed by atoms with Gasteiger partial charge in [-0.15, -0.1) is 0 Å². The van der Waals surface area contributed by atoms with Crippen LogP contribution >= 0.6 is 0 Å². The summed E-state index contributed by atoms with van der Waals surface area (Å²) >= 11 is 0. The summed E-state index contributed by atoms with van der Waals surface area (Å²) < 4.78 is 36.6. The number of amides is 1. The quantitative estimate of drug-likeness (QED) is 0.757. The Morgan fingerprint density at radius 3 is 2.72 bits per heavy atom. The molecule has 0 aliphatic rings. The zero-order valence-electron chi connectivity index (χ0n) is 10.1. The maximum Gasteiger partial charge on any atom is 0.251 e. The van der Waals surface area contributed by atoms with E-state index in [1.165, 1.54) is 26.4 Å². The normalized spacial score (nSPS) is 11.6. The Morgan fingerprint density at radius 2 is 2.17 bits per heavy atom. The molecule has 1 amide bonds. The number of halogens is 1. The lowest BCUT2D eigenvalue weighted by atomic mass is 10.2. The molecule has 0 unspecified atom stereocenters. The molecule has 1 aromatic heterocycles. The predicted octanol–water partition coefficient (Wildman–Crippen LogP) is -0.158. The van der Waals surface area contributed by atoms with Crippen molar-refractivity contribution in [1.29, 1.82) is 0 Å². The van der Waals surface area contributed by atoms with Gasteiger partial charge in [-0.3, -0.25) is 4.79 Å². The number of rotatable bonds is 5. The lowest BCUT2D eigenvalue weighted by Gasteiger charge is -2.11. The predicted molar refractivity (Wildman–Crippen MR) is 64.0 cm³/mol. The van der Waals surface area contributed by atoms with Gasteiger partial charge in [0, 0.05) is 38.5 Å². The molecule has 8 heteroatoms. The number of sulfonamides is 1. The van der Waals surface area contributed by atoms with E-state index in [4.69, 9.17) is 0 Å². The first-order valence-corrected chi connectivity index (χ1v) is 6.74. The van der Waals surface area contributed by atoms with Gasteiger partial charge in [0.1, 0.15) is 0 Å². The molecule has 6 nitrogen and oxygen atoms in total. The Labute approximate surface area is 105 Å². The minimum atomic E-state index is -3.35. The van der Waals surface area contributed by atoms with Crippen molar-refractivity contribution in [3.05, 3.63) is 29.8 Å². The highest BCUT2D eigenvalue weighted by Crippen LogP contribution is 2.00. The van der Waals surface area contributed by atoms with Gasteiger partial charge in [0.25, 0.3) is 5.91 Å². The monoisotopic (exact) mass is 275 g/mol. The van der Waals surface area contributed by atoms with Crippen molar-refractivity contribution < 1.29 is 17.6 Å². The molecule has 0 saturated carbocycles. The SMILES string of the molecule is CN(C)S(=O)(=O)CCNC(=O)c1ccnc(F)c1. The molecule has 1 heterocycles. The van der Waals surface area contributed by atoms with Crippen LogP contribution in [0.5, 0.6) is 0 Å². The number of pyridine rings is 1. The second kappa shape index (κ2) is 5.87. The van der Waals surface area contributed by atoms with E-state index in [0.29, 0.717) is 0 Å². The molecule has 0 fully saturated rings. The minimum Gasteiger partial charge on any atom is -0.351 e. The summed E-state index contributed by atoms with van der Waals surface area (Å²) in [6.45, 7) is -0.0384. The Morgan fingerprint density at radius 1 is 1.50 bits per heavy atom. The molecule has 0 aromatic carbocycles. The van der Waals surface area contributed by atoms with E-state index >= 15 is 0 Å². The summed E-state index contributed by atoms with van der Waals surface area (Å²) in [5, 5.41) is 2.40. The molecule has 1 rings (SSSR count). The molecule has 0 aliphatic heterocycles. The number of hydrogen-bond acceptors (Lipinski definition) is 4. The fourth-order valence-corrected chi connectivity index (χ4v) is 1.85.